The van der Waals surface area contributed by atoms with Gasteiger partial charge >= 0.3 is 0 Å². The number of benzene rings is 2. The zero-order valence-electron chi connectivity index (χ0n) is 9.95. The van der Waals surface area contributed by atoms with Crippen molar-refractivity contribution in [1.82, 2.24) is 9.97 Å². The standard InChI is InChI=1S/C14H11F2N3/c15-9-6-11(16)14-12(7-9)18-13(19-14)5-8-1-3-10(17)4-2-8/h1-4,6-7H,5,17H2,(H,18,19). The molecule has 0 unspecified atom stereocenters. The van der Waals surface area contributed by atoms with Crippen LogP contribution in [-0.2, 0) is 6.42 Å². The molecule has 0 aliphatic rings. The lowest BCUT2D eigenvalue weighted by Gasteiger charge is -1.98. The number of nitrogens with zero attached hydrogens (tertiary/aromatic N) is 1. The Bertz CT molecular complexity index is 732. The van der Waals surface area contributed by atoms with Crippen LogP contribution in [0.15, 0.2) is 36.4 Å². The smallest absolute Gasteiger partial charge is 0.153 e. The van der Waals surface area contributed by atoms with Gasteiger partial charge in [0.15, 0.2) is 5.82 Å². The van der Waals surface area contributed by atoms with E-state index in [9.17, 15) is 8.78 Å². The van der Waals surface area contributed by atoms with Crippen molar-refractivity contribution >= 4 is 16.7 Å². The fourth-order valence-electron chi connectivity index (χ4n) is 2.01. The summed E-state index contributed by atoms with van der Waals surface area (Å²) in [5, 5.41) is 0. The number of nitrogen functional groups attached to an aromatic ring is 1. The number of nitrogens with one attached hydrogen (secondary N) is 1. The molecule has 0 spiro atoms. The Morgan fingerprint density at radius 2 is 1.84 bits per heavy atom. The van der Waals surface area contributed by atoms with E-state index in [2.05, 4.69) is 9.97 Å². The molecule has 96 valence electrons. The predicted molar refractivity (Wildman–Crippen MR) is 69.7 cm³/mol. The van der Waals surface area contributed by atoms with Crippen LogP contribution >= 0.6 is 0 Å². The fourth-order valence-corrected chi connectivity index (χ4v) is 2.01. The van der Waals surface area contributed by atoms with Gasteiger partial charge in [-0.1, -0.05) is 12.1 Å². The predicted octanol–water partition coefficient (Wildman–Crippen LogP) is 3.01. The van der Waals surface area contributed by atoms with E-state index in [-0.39, 0.29) is 5.52 Å². The number of nitrogens with two attached hydrogens (primary N) is 1. The number of fused-ring (bicyclic) bond motifs is 1. The number of imidazole rings is 1. The van der Waals surface area contributed by atoms with E-state index in [1.54, 1.807) is 12.1 Å². The van der Waals surface area contributed by atoms with Gasteiger partial charge in [-0.05, 0) is 23.8 Å². The van der Waals surface area contributed by atoms with Crippen molar-refractivity contribution in [3.05, 3.63) is 59.4 Å². The molecule has 0 aliphatic carbocycles. The molecule has 0 aliphatic heterocycles. The van der Waals surface area contributed by atoms with Crippen LogP contribution in [0.1, 0.15) is 11.4 Å². The molecule has 0 atom stereocenters. The molecule has 3 rings (SSSR count). The molecule has 5 heteroatoms. The Morgan fingerprint density at radius 3 is 2.58 bits per heavy atom. The minimum Gasteiger partial charge on any atom is -0.399 e. The molecule has 0 fully saturated rings. The zero-order chi connectivity index (χ0) is 13.4. The van der Waals surface area contributed by atoms with Crippen molar-refractivity contribution in [2.45, 2.75) is 6.42 Å². The van der Waals surface area contributed by atoms with E-state index in [1.165, 1.54) is 6.07 Å². The molecule has 1 aromatic heterocycles. The summed E-state index contributed by atoms with van der Waals surface area (Å²) in [6.07, 6.45) is 0.510. The van der Waals surface area contributed by atoms with Crippen molar-refractivity contribution in [3.8, 4) is 0 Å². The number of halogens is 2. The van der Waals surface area contributed by atoms with Gasteiger partial charge in [0.25, 0.3) is 0 Å². The van der Waals surface area contributed by atoms with Crippen molar-refractivity contribution in [2.75, 3.05) is 5.73 Å². The van der Waals surface area contributed by atoms with E-state index in [0.29, 0.717) is 23.4 Å². The minimum absolute atomic E-state index is 0.159. The fraction of sp³-hybridized carbons (Fsp3) is 0.0714. The quantitative estimate of drug-likeness (QED) is 0.695. The van der Waals surface area contributed by atoms with Crippen LogP contribution in [0.5, 0.6) is 0 Å². The van der Waals surface area contributed by atoms with Gasteiger partial charge in [-0.2, -0.15) is 0 Å². The minimum atomic E-state index is -0.658. The number of hydrogen-bond acceptors (Lipinski definition) is 2. The number of hydrogen-bond donors (Lipinski definition) is 2. The van der Waals surface area contributed by atoms with Crippen LogP contribution in [0.2, 0.25) is 0 Å². The number of anilines is 1. The van der Waals surface area contributed by atoms with Crippen molar-refractivity contribution in [3.63, 3.8) is 0 Å². The first-order chi connectivity index (χ1) is 9.11. The van der Waals surface area contributed by atoms with E-state index in [0.717, 1.165) is 11.6 Å². The third-order valence-electron chi connectivity index (χ3n) is 2.91. The molecule has 0 radical (unpaired) electrons. The summed E-state index contributed by atoms with van der Waals surface area (Å²) in [6, 6.07) is 9.39. The summed E-state index contributed by atoms with van der Waals surface area (Å²) in [5.74, 6) is -0.688. The first-order valence-corrected chi connectivity index (χ1v) is 5.80. The highest BCUT2D eigenvalue weighted by Gasteiger charge is 2.10. The second-order valence-corrected chi connectivity index (χ2v) is 4.39. The van der Waals surface area contributed by atoms with Gasteiger partial charge < -0.3 is 10.7 Å². The molecule has 3 N–H and O–H groups in total. The number of aromatic nitrogens is 2. The van der Waals surface area contributed by atoms with Gasteiger partial charge in [0, 0.05) is 18.2 Å². The van der Waals surface area contributed by atoms with Crippen LogP contribution < -0.4 is 5.73 Å². The lowest BCUT2D eigenvalue weighted by atomic mass is 10.1. The second kappa shape index (κ2) is 4.35. The summed E-state index contributed by atoms with van der Waals surface area (Å²) in [7, 11) is 0. The van der Waals surface area contributed by atoms with Crippen LogP contribution in [0.4, 0.5) is 14.5 Å². The highest BCUT2D eigenvalue weighted by Crippen LogP contribution is 2.19. The van der Waals surface area contributed by atoms with E-state index in [1.807, 2.05) is 12.1 Å². The van der Waals surface area contributed by atoms with Gasteiger partial charge in [0.05, 0.1) is 5.52 Å². The average molecular weight is 259 g/mol. The maximum absolute atomic E-state index is 13.5. The molecule has 1 heterocycles. The summed E-state index contributed by atoms with van der Waals surface area (Å²) in [6.45, 7) is 0. The maximum atomic E-state index is 13.5. The van der Waals surface area contributed by atoms with Crippen LogP contribution in [0, 0.1) is 11.6 Å². The molecule has 3 nitrogen and oxygen atoms in total. The number of H-pyrrole nitrogens is 1. The lowest BCUT2D eigenvalue weighted by Crippen LogP contribution is -1.91. The molecule has 0 saturated heterocycles. The van der Waals surface area contributed by atoms with E-state index in [4.69, 9.17) is 5.73 Å². The number of aromatic amines is 1. The van der Waals surface area contributed by atoms with Gasteiger partial charge in [0.2, 0.25) is 0 Å². The Kier molecular flexibility index (Phi) is 2.67. The Balaban J connectivity index is 1.97. The molecule has 19 heavy (non-hydrogen) atoms. The van der Waals surface area contributed by atoms with Crippen LogP contribution in [0.25, 0.3) is 11.0 Å². The van der Waals surface area contributed by atoms with Crippen LogP contribution in [0.3, 0.4) is 0 Å². The molecule has 3 aromatic rings. The van der Waals surface area contributed by atoms with Crippen molar-refractivity contribution < 1.29 is 8.78 Å². The van der Waals surface area contributed by atoms with Gasteiger partial charge in [0.1, 0.15) is 17.2 Å². The molecule has 2 aromatic carbocycles. The highest BCUT2D eigenvalue weighted by molar-refractivity contribution is 5.75. The monoisotopic (exact) mass is 259 g/mol. The summed E-state index contributed by atoms with van der Waals surface area (Å²) < 4.78 is 26.6. The largest absolute Gasteiger partial charge is 0.399 e. The zero-order valence-corrected chi connectivity index (χ0v) is 9.95. The first kappa shape index (κ1) is 11.6. The van der Waals surface area contributed by atoms with Gasteiger partial charge in [-0.25, -0.2) is 13.8 Å². The topological polar surface area (TPSA) is 54.7 Å². The van der Waals surface area contributed by atoms with Gasteiger partial charge in [-0.3, -0.25) is 0 Å². The molecule has 0 bridgehead atoms. The highest BCUT2D eigenvalue weighted by atomic mass is 19.1. The summed E-state index contributed by atoms with van der Waals surface area (Å²) in [5.41, 5.74) is 7.80. The SMILES string of the molecule is Nc1ccc(Cc2nc3c(F)cc(F)cc3[nH]2)cc1. The Hall–Kier alpha value is -2.43. The second-order valence-electron chi connectivity index (χ2n) is 4.39. The third kappa shape index (κ3) is 2.27. The normalized spacial score (nSPS) is 11.1. The third-order valence-corrected chi connectivity index (χ3v) is 2.91. The van der Waals surface area contributed by atoms with E-state index < -0.39 is 11.6 Å². The Labute approximate surface area is 108 Å². The van der Waals surface area contributed by atoms with Crippen molar-refractivity contribution in [2.24, 2.45) is 0 Å². The first-order valence-electron chi connectivity index (χ1n) is 5.80. The lowest BCUT2D eigenvalue weighted by molar-refractivity contribution is 0.590. The molecule has 0 amide bonds. The average Bonchev–Trinajstić information content (AvgIpc) is 2.75. The molecular weight excluding hydrogens is 248 g/mol. The maximum Gasteiger partial charge on any atom is 0.153 e. The number of rotatable bonds is 2. The molecular formula is C14H11F2N3. The van der Waals surface area contributed by atoms with Crippen LogP contribution in [-0.4, -0.2) is 9.97 Å². The molecule has 0 saturated carbocycles. The summed E-state index contributed by atoms with van der Waals surface area (Å²) >= 11 is 0. The summed E-state index contributed by atoms with van der Waals surface area (Å²) in [4.78, 5) is 7.06. The van der Waals surface area contributed by atoms with Gasteiger partial charge in [-0.15, -0.1) is 0 Å². The van der Waals surface area contributed by atoms with E-state index >= 15 is 0 Å². The van der Waals surface area contributed by atoms with Crippen molar-refractivity contribution in [1.29, 1.82) is 0 Å². The Morgan fingerprint density at radius 1 is 1.11 bits per heavy atom.